The van der Waals surface area contributed by atoms with E-state index < -0.39 is 180 Å². The monoisotopic (exact) mass is 1740 g/mol. The van der Waals surface area contributed by atoms with Gasteiger partial charge in [-0.15, -0.1) is 11.3 Å². The van der Waals surface area contributed by atoms with Gasteiger partial charge in [0.25, 0.3) is 11.5 Å². The number of carbonyl (C=O) groups is 14. The van der Waals surface area contributed by atoms with Crippen LogP contribution in [0.3, 0.4) is 0 Å². The number of carbonyl (C=O) groups excluding carboxylic acids is 13. The van der Waals surface area contributed by atoms with Crippen LogP contribution in [0.5, 0.6) is 11.5 Å². The molecule has 2 aliphatic heterocycles. The maximum Gasteiger partial charge on any atom is 0.343 e. The van der Waals surface area contributed by atoms with Crippen molar-refractivity contribution in [1.82, 2.24) is 77.5 Å². The summed E-state index contributed by atoms with van der Waals surface area (Å²) in [6.45, 7) is 22.4. The molecule has 0 radical (unpaired) electrons. The lowest BCUT2D eigenvalue weighted by Gasteiger charge is -2.38. The van der Waals surface area contributed by atoms with Gasteiger partial charge in [0.2, 0.25) is 59.1 Å². The zero-order chi connectivity index (χ0) is 91.6. The molecule has 2 aromatic carbocycles. The summed E-state index contributed by atoms with van der Waals surface area (Å²) in [7, 11) is 5.16. The lowest BCUT2D eigenvalue weighted by molar-refractivity contribution is -0.172. The number of rotatable bonds is 44. The maximum absolute atomic E-state index is 15.7. The van der Waals surface area contributed by atoms with E-state index in [1.54, 1.807) is 85.5 Å². The molecule has 0 saturated carbocycles. The van der Waals surface area contributed by atoms with Gasteiger partial charge in [-0.1, -0.05) is 81.7 Å². The van der Waals surface area contributed by atoms with Gasteiger partial charge in [-0.2, -0.15) is 0 Å². The molecule has 0 aliphatic carbocycles. The minimum absolute atomic E-state index is 0.0159. The molecule has 0 bridgehead atoms. The normalized spacial score (nSPS) is 15.7. The van der Waals surface area contributed by atoms with Crippen molar-refractivity contribution in [2.75, 3.05) is 65.8 Å². The van der Waals surface area contributed by atoms with E-state index in [0.29, 0.717) is 40.7 Å². The SMILES string of the molecule is CCc1c2c(nc3cc(F)c(OCCNC(=O)CNC(=O)[C@H](C)NC(=O)[C@@H](NC(=O)CNCC(=O)N[C@H](C(=O)N[C@@H](C)C(=O)NCC(=O)Nc4cc(C[C@@H](CCC(=O)O)NC(=O)c5csc([C@@H](C[C@H](C(C)C)N(C)C(=O)[C@@H](NC(=O)C(C)(C)N(C)C)[C@@H](C)CC)OC(C)=O)n5)ccc4O)C(C)C)C(C)C)cc13)-c1cc3c(c(=O)n1C2)COC(=O)[C@]3(O)CC. The van der Waals surface area contributed by atoms with Crippen LogP contribution in [-0.2, 0) is 103 Å². The van der Waals surface area contributed by atoms with Gasteiger partial charge in [0.15, 0.2) is 23.3 Å². The molecule has 0 fully saturated rings. The number of aromatic nitrogens is 3. The first-order chi connectivity index (χ1) is 57.8. The van der Waals surface area contributed by atoms with Crippen LogP contribution in [0.4, 0.5) is 10.1 Å². The Hall–Kier alpha value is -11.6. The number of phenols is 1. The van der Waals surface area contributed by atoms with Crippen LogP contribution in [0.15, 0.2) is 46.6 Å². The molecule has 5 heterocycles. The fraction of sp³-hybridized carbons (Fsp3) is 0.560. The first-order valence-electron chi connectivity index (χ1n) is 41.0. The number of amides is 11. The second-order valence-electron chi connectivity index (χ2n) is 32.6. The number of aryl methyl sites for hydroxylation is 1. The lowest BCUT2D eigenvalue weighted by atomic mass is 9.86. The van der Waals surface area contributed by atoms with Crippen LogP contribution in [0, 0.1) is 29.5 Å². The number of esters is 2. The molecule has 14 N–H and O–H groups in total. The molecule has 0 spiro atoms. The minimum atomic E-state index is -2.02. The van der Waals surface area contributed by atoms with Crippen molar-refractivity contribution >= 4 is 111 Å². The number of cyclic esters (lactones) is 1. The van der Waals surface area contributed by atoms with Crippen molar-refractivity contribution in [2.24, 2.45) is 23.7 Å². The van der Waals surface area contributed by atoms with Gasteiger partial charge in [0.1, 0.15) is 59.9 Å². The van der Waals surface area contributed by atoms with Gasteiger partial charge in [0, 0.05) is 66.9 Å². The van der Waals surface area contributed by atoms with Gasteiger partial charge in [-0.25, -0.2) is 19.2 Å². The molecule has 123 heavy (non-hydrogen) atoms. The number of nitrogens with zero attached hydrogens (tertiary/aromatic N) is 5. The van der Waals surface area contributed by atoms with Crippen LogP contribution >= 0.6 is 11.3 Å². The summed E-state index contributed by atoms with van der Waals surface area (Å²) >= 11 is 1.03. The van der Waals surface area contributed by atoms with Gasteiger partial charge < -0.3 is 92.2 Å². The molecule has 672 valence electrons. The number of thiazole rings is 1. The highest BCUT2D eigenvalue weighted by molar-refractivity contribution is 7.09. The number of aromatic hydroxyl groups is 1. The second-order valence-corrected chi connectivity index (χ2v) is 33.5. The third kappa shape index (κ3) is 25.3. The number of ether oxygens (including phenoxy) is 3. The molecule has 2 aliphatic rings. The number of nitrogens with one attached hydrogen (secondary N) is 11. The van der Waals surface area contributed by atoms with Gasteiger partial charge in [-0.05, 0) is 127 Å². The van der Waals surface area contributed by atoms with E-state index in [1.165, 1.54) is 61.1 Å². The Labute approximate surface area is 716 Å². The minimum Gasteiger partial charge on any atom is -0.506 e. The number of carboxylic acids is 1. The largest absolute Gasteiger partial charge is 0.506 e. The van der Waals surface area contributed by atoms with Crippen LogP contribution in [0.1, 0.15) is 185 Å². The number of hydrogen-bond donors (Lipinski definition) is 14. The number of pyridine rings is 2. The summed E-state index contributed by atoms with van der Waals surface area (Å²) in [5, 5.41) is 62.5. The van der Waals surface area contributed by atoms with Crippen LogP contribution in [0.25, 0.3) is 22.3 Å². The Kier molecular flexibility index (Phi) is 34.8. The van der Waals surface area contributed by atoms with Gasteiger partial charge in [0.05, 0.1) is 73.0 Å². The van der Waals surface area contributed by atoms with Crippen molar-refractivity contribution in [3.05, 3.63) is 96.5 Å². The van der Waals surface area contributed by atoms with Crippen LogP contribution in [-0.4, -0.2) is 231 Å². The van der Waals surface area contributed by atoms with Gasteiger partial charge >= 0.3 is 17.9 Å². The zero-order valence-electron chi connectivity index (χ0n) is 72.8. The quantitative estimate of drug-likeness (QED) is 0.0148. The van der Waals surface area contributed by atoms with Crippen molar-refractivity contribution in [1.29, 1.82) is 0 Å². The number of hydrogen-bond acceptors (Lipinski definition) is 25. The average molecular weight is 1740 g/mol. The molecule has 3 aromatic heterocycles. The molecule has 7 rings (SSSR count). The number of anilines is 1. The third-order valence-electron chi connectivity index (χ3n) is 22.1. The number of halogens is 1. The van der Waals surface area contributed by atoms with Crippen LogP contribution in [0.2, 0.25) is 0 Å². The number of carboxylic acid groups (broad SMARTS) is 1. The lowest BCUT2D eigenvalue weighted by Crippen LogP contribution is -2.60. The van der Waals surface area contributed by atoms with Crippen molar-refractivity contribution in [3.63, 3.8) is 0 Å². The third-order valence-corrected chi connectivity index (χ3v) is 23.0. The molecular formula is C84H117FN16O21S. The van der Waals surface area contributed by atoms with Crippen molar-refractivity contribution in [3.8, 4) is 22.9 Å². The predicted molar refractivity (Wildman–Crippen MR) is 450 cm³/mol. The highest BCUT2D eigenvalue weighted by Crippen LogP contribution is 2.42. The van der Waals surface area contributed by atoms with E-state index >= 15 is 4.39 Å². The predicted octanol–water partition coefficient (Wildman–Crippen LogP) is 2.74. The maximum atomic E-state index is 15.7. The summed E-state index contributed by atoms with van der Waals surface area (Å²) in [5.74, 6) is -12.8. The summed E-state index contributed by atoms with van der Waals surface area (Å²) in [6, 6.07) is 1.27. The van der Waals surface area contributed by atoms with E-state index in [4.69, 9.17) is 19.2 Å². The smallest absolute Gasteiger partial charge is 0.343 e. The van der Waals surface area contributed by atoms with E-state index in [-0.39, 0.29) is 127 Å². The highest BCUT2D eigenvalue weighted by atomic mass is 32.1. The summed E-state index contributed by atoms with van der Waals surface area (Å²) in [5.41, 5.74) is -0.314. The number of benzene rings is 2. The molecule has 11 amide bonds. The molecule has 39 heteroatoms. The summed E-state index contributed by atoms with van der Waals surface area (Å²) in [4.78, 5) is 211. The van der Waals surface area contributed by atoms with E-state index in [1.807, 2.05) is 34.6 Å². The Balaban J connectivity index is 0.824. The number of phenolic OH excluding ortho intramolecular Hbond substituents is 1. The Morgan fingerprint density at radius 1 is 0.724 bits per heavy atom. The van der Waals surface area contributed by atoms with Crippen LogP contribution < -0.4 is 68.8 Å². The molecule has 0 saturated heterocycles. The standard InChI is InChI=1S/C84H117FN16O21S/c1-19-44(10)71(98-81(117)83(14,15)99(16)17)80(116)100(18)59(41(4)5)33-63(122-47(13)102)78-95-58(40-123-78)75(112)92-49(23-25-68(108)109)28-48-22-24-61(103)57(29-48)93-67(107)37-89-74(111)46(12)91-77(114)70(43(8)9)97-66(106)35-86-34-65(105)96-69(42(6)7)76(113)90-45(11)73(110)88-36-64(104)87-26-27-120-62-30-51-50(20-2)52-38-101-60(72(52)94-56(51)32-55(62)85)31-54-53(79(101)115)39-121-82(118)84(54,119)21-3/h22,24,29-32,40-46,49,59,63,69-71,86,103,119H,19-21,23,25-28,33-39H2,1-18H3,(H,87,104)(H,88,110)(H,89,111)(H,90,113)(H,91,114)(H,92,112)(H,93,107)(H,96,105)(H,97,106)(H,98,117)(H,108,109)/t44-,45-,46-,49+,59+,63+,69-,70-,71-,84-/m0/s1. The summed E-state index contributed by atoms with van der Waals surface area (Å²) < 4.78 is 33.9. The average Bonchev–Trinajstić information content (AvgIpc) is 1.59. The number of aliphatic hydroxyl groups is 1. The second kappa shape index (κ2) is 43.5. The first-order valence-corrected chi connectivity index (χ1v) is 41.8. The zero-order valence-corrected chi connectivity index (χ0v) is 73.6. The fourth-order valence-corrected chi connectivity index (χ4v) is 14.8. The molecule has 37 nitrogen and oxygen atoms in total. The topological polar surface area (TPSA) is 514 Å². The first kappa shape index (κ1) is 98.5. The Morgan fingerprint density at radius 3 is 1.89 bits per heavy atom. The van der Waals surface area contributed by atoms with Crippen molar-refractivity contribution < 1.29 is 101 Å². The number of fused-ring (bicyclic) bond motifs is 5. The fourth-order valence-electron chi connectivity index (χ4n) is 14.0. The van der Waals surface area contributed by atoms with E-state index in [0.717, 1.165) is 16.9 Å². The summed E-state index contributed by atoms with van der Waals surface area (Å²) in [6.07, 6.45) is -0.409. The molecule has 10 atom stereocenters. The number of aliphatic carboxylic acids is 1. The number of likely N-dealkylation sites (N-methyl/N-ethyl adjacent to an activating group) is 2. The Bertz CT molecular complexity index is 4860. The highest BCUT2D eigenvalue weighted by Gasteiger charge is 2.46. The molecule has 0 unspecified atom stereocenters. The van der Waals surface area contributed by atoms with Crippen molar-refractivity contribution in [2.45, 2.75) is 221 Å². The van der Waals surface area contributed by atoms with E-state index in [2.05, 4.69) is 63.5 Å². The van der Waals surface area contributed by atoms with E-state index in [9.17, 15) is 87.2 Å². The molecule has 5 aromatic rings. The van der Waals surface area contributed by atoms with Gasteiger partial charge in [-0.3, -0.25) is 77.3 Å². The molecular weight excluding hydrogens is 1620 g/mol. The Morgan fingerprint density at radius 2 is 1.33 bits per heavy atom.